The molecule has 2 aromatic carbocycles. The van der Waals surface area contributed by atoms with Gasteiger partial charge in [0.2, 0.25) is 5.91 Å². The highest BCUT2D eigenvalue weighted by atomic mass is 16.5. The molecule has 1 fully saturated rings. The number of ether oxygens (including phenoxy) is 1. The highest BCUT2D eigenvalue weighted by Crippen LogP contribution is 2.33. The van der Waals surface area contributed by atoms with Gasteiger partial charge in [-0.1, -0.05) is 30.3 Å². The minimum Gasteiger partial charge on any atom is -0.457 e. The second-order valence-electron chi connectivity index (χ2n) is 6.89. The summed E-state index contributed by atoms with van der Waals surface area (Å²) in [5, 5.41) is 0. The molecule has 0 aliphatic carbocycles. The second-order valence-corrected chi connectivity index (χ2v) is 6.89. The number of para-hydroxylation sites is 1. The van der Waals surface area contributed by atoms with E-state index in [2.05, 4.69) is 9.88 Å². The predicted octanol–water partition coefficient (Wildman–Crippen LogP) is 3.18. The number of anilines is 1. The van der Waals surface area contributed by atoms with E-state index in [9.17, 15) is 4.79 Å². The molecule has 1 atom stereocenters. The lowest BCUT2D eigenvalue weighted by atomic mass is 10.0. The van der Waals surface area contributed by atoms with E-state index in [1.807, 2.05) is 54.6 Å². The molecule has 0 saturated carbocycles. The summed E-state index contributed by atoms with van der Waals surface area (Å²) in [5.74, 6) is 1.83. The largest absolute Gasteiger partial charge is 0.457 e. The van der Waals surface area contributed by atoms with Gasteiger partial charge in [-0.05, 0) is 42.3 Å². The van der Waals surface area contributed by atoms with Gasteiger partial charge in [0, 0.05) is 30.9 Å². The Morgan fingerprint density at radius 1 is 1.07 bits per heavy atom. The molecule has 4 rings (SSSR count). The number of carbonyl (C=O) groups excluding carboxylic acids is 1. The Balaban J connectivity index is 1.66. The summed E-state index contributed by atoms with van der Waals surface area (Å²) in [4.78, 5) is 18.3. The van der Waals surface area contributed by atoms with Crippen molar-refractivity contribution in [1.82, 2.24) is 4.98 Å². The molecule has 6 heteroatoms. The van der Waals surface area contributed by atoms with Gasteiger partial charge >= 0.3 is 0 Å². The van der Waals surface area contributed by atoms with Gasteiger partial charge in [0.1, 0.15) is 17.3 Å². The third kappa shape index (κ3) is 3.82. The molecule has 142 valence electrons. The number of nitrogens with two attached hydrogens (primary N) is 2. The van der Waals surface area contributed by atoms with Gasteiger partial charge in [0.25, 0.3) is 0 Å². The van der Waals surface area contributed by atoms with E-state index in [1.165, 1.54) is 6.20 Å². The summed E-state index contributed by atoms with van der Waals surface area (Å²) in [6.45, 7) is 1.58. The molecular weight excluding hydrogens is 352 g/mol. The van der Waals surface area contributed by atoms with E-state index >= 15 is 0 Å². The monoisotopic (exact) mass is 374 g/mol. The maximum absolute atomic E-state index is 11.7. The number of pyridine rings is 1. The molecule has 4 N–H and O–H groups in total. The van der Waals surface area contributed by atoms with Crippen LogP contribution in [0.1, 0.15) is 16.8 Å². The maximum Gasteiger partial charge on any atom is 0.250 e. The van der Waals surface area contributed by atoms with Crippen LogP contribution in [0.5, 0.6) is 11.5 Å². The minimum absolute atomic E-state index is 0.132. The fraction of sp³-hybridized carbons (Fsp3) is 0.182. The lowest BCUT2D eigenvalue weighted by Crippen LogP contribution is -2.27. The molecular formula is C22H22N4O2. The average molecular weight is 374 g/mol. The number of hydrogen-bond acceptors (Lipinski definition) is 5. The molecule has 1 saturated heterocycles. The number of amides is 1. The zero-order chi connectivity index (χ0) is 19.5. The van der Waals surface area contributed by atoms with Crippen LogP contribution in [-0.2, 0) is 0 Å². The molecule has 1 aliphatic rings. The smallest absolute Gasteiger partial charge is 0.250 e. The molecule has 0 unspecified atom stereocenters. The molecule has 1 amide bonds. The summed E-state index contributed by atoms with van der Waals surface area (Å²) >= 11 is 0. The first-order chi connectivity index (χ1) is 13.6. The highest BCUT2D eigenvalue weighted by Gasteiger charge is 2.23. The summed E-state index contributed by atoms with van der Waals surface area (Å²) in [5.41, 5.74) is 13.7. The van der Waals surface area contributed by atoms with Crippen molar-refractivity contribution in [2.24, 2.45) is 11.5 Å². The Labute approximate surface area is 163 Å². The second kappa shape index (κ2) is 7.70. The van der Waals surface area contributed by atoms with Crippen LogP contribution in [0.2, 0.25) is 0 Å². The van der Waals surface area contributed by atoms with Gasteiger partial charge in [-0.25, -0.2) is 4.98 Å². The third-order valence-corrected chi connectivity index (χ3v) is 4.82. The van der Waals surface area contributed by atoms with Gasteiger partial charge in [-0.3, -0.25) is 4.79 Å². The number of nitrogens with zero attached hydrogens (tertiary/aromatic N) is 2. The van der Waals surface area contributed by atoms with Gasteiger partial charge in [0.05, 0.1) is 5.56 Å². The van der Waals surface area contributed by atoms with Crippen LogP contribution in [-0.4, -0.2) is 30.0 Å². The van der Waals surface area contributed by atoms with Crippen molar-refractivity contribution in [3.8, 4) is 22.6 Å². The Bertz CT molecular complexity index is 974. The molecule has 2 heterocycles. The first-order valence-electron chi connectivity index (χ1n) is 9.24. The average Bonchev–Trinajstić information content (AvgIpc) is 3.15. The normalized spacial score (nSPS) is 16.2. The van der Waals surface area contributed by atoms with Crippen LogP contribution in [0.4, 0.5) is 5.82 Å². The third-order valence-electron chi connectivity index (χ3n) is 4.82. The Morgan fingerprint density at radius 3 is 2.43 bits per heavy atom. The van der Waals surface area contributed by atoms with Crippen LogP contribution in [0.3, 0.4) is 0 Å². The van der Waals surface area contributed by atoms with Gasteiger partial charge < -0.3 is 21.1 Å². The number of carbonyl (C=O) groups is 1. The number of hydrogen-bond donors (Lipinski definition) is 2. The van der Waals surface area contributed by atoms with Crippen molar-refractivity contribution >= 4 is 11.7 Å². The minimum atomic E-state index is -0.498. The van der Waals surface area contributed by atoms with E-state index in [4.69, 9.17) is 16.2 Å². The van der Waals surface area contributed by atoms with Gasteiger partial charge in [-0.2, -0.15) is 0 Å². The molecule has 0 bridgehead atoms. The Morgan fingerprint density at radius 2 is 1.79 bits per heavy atom. The molecule has 0 spiro atoms. The molecule has 0 radical (unpaired) electrons. The number of rotatable bonds is 5. The molecule has 28 heavy (non-hydrogen) atoms. The highest BCUT2D eigenvalue weighted by molar-refractivity contribution is 5.95. The van der Waals surface area contributed by atoms with Crippen molar-refractivity contribution in [3.63, 3.8) is 0 Å². The zero-order valence-corrected chi connectivity index (χ0v) is 15.4. The number of aromatic nitrogens is 1. The maximum atomic E-state index is 11.7. The fourth-order valence-corrected chi connectivity index (χ4v) is 3.36. The summed E-state index contributed by atoms with van der Waals surface area (Å²) in [7, 11) is 0. The Hall–Kier alpha value is -3.38. The molecule has 3 aromatic rings. The SMILES string of the molecule is NC(=O)c1cnc(N2CC[C@H](N)C2)c(-c2ccc(Oc3ccccc3)cc2)c1. The van der Waals surface area contributed by atoms with E-state index in [-0.39, 0.29) is 6.04 Å². The topological polar surface area (TPSA) is 94.5 Å². The van der Waals surface area contributed by atoms with Crippen molar-refractivity contribution in [2.45, 2.75) is 12.5 Å². The van der Waals surface area contributed by atoms with Crippen LogP contribution < -0.4 is 21.1 Å². The standard InChI is InChI=1S/C22H22N4O2/c23-17-10-11-26(14-17)22-20(12-16(13-25-22)21(24)27)15-6-8-19(9-7-15)28-18-4-2-1-3-5-18/h1-9,12-13,17H,10-11,14,23H2,(H2,24,27)/t17-/m0/s1. The van der Waals surface area contributed by atoms with Crippen LogP contribution >= 0.6 is 0 Å². The van der Waals surface area contributed by atoms with Crippen molar-refractivity contribution in [3.05, 3.63) is 72.4 Å². The summed E-state index contributed by atoms with van der Waals surface area (Å²) in [6.07, 6.45) is 2.44. The van der Waals surface area contributed by atoms with Crippen LogP contribution in [0, 0.1) is 0 Å². The van der Waals surface area contributed by atoms with Crippen LogP contribution in [0.15, 0.2) is 66.9 Å². The summed E-state index contributed by atoms with van der Waals surface area (Å²) in [6, 6.07) is 19.3. The lowest BCUT2D eigenvalue weighted by molar-refractivity contribution is 0.1000. The van der Waals surface area contributed by atoms with E-state index in [0.29, 0.717) is 5.56 Å². The quantitative estimate of drug-likeness (QED) is 0.715. The Kier molecular flexibility index (Phi) is 4.95. The number of benzene rings is 2. The van der Waals surface area contributed by atoms with E-state index in [0.717, 1.165) is 48.0 Å². The molecule has 1 aromatic heterocycles. The predicted molar refractivity (Wildman–Crippen MR) is 110 cm³/mol. The molecule has 6 nitrogen and oxygen atoms in total. The van der Waals surface area contributed by atoms with Crippen molar-refractivity contribution < 1.29 is 9.53 Å². The van der Waals surface area contributed by atoms with Crippen LogP contribution in [0.25, 0.3) is 11.1 Å². The fourth-order valence-electron chi connectivity index (χ4n) is 3.36. The number of primary amides is 1. The van der Waals surface area contributed by atoms with Gasteiger partial charge in [-0.15, -0.1) is 0 Å². The zero-order valence-electron chi connectivity index (χ0n) is 15.4. The van der Waals surface area contributed by atoms with Crippen molar-refractivity contribution in [2.75, 3.05) is 18.0 Å². The molecule has 1 aliphatic heterocycles. The van der Waals surface area contributed by atoms with E-state index < -0.39 is 5.91 Å². The first kappa shape index (κ1) is 18.0. The van der Waals surface area contributed by atoms with E-state index in [1.54, 1.807) is 6.07 Å². The van der Waals surface area contributed by atoms with Gasteiger partial charge in [0.15, 0.2) is 0 Å². The van der Waals surface area contributed by atoms with Crippen molar-refractivity contribution in [1.29, 1.82) is 0 Å². The first-order valence-corrected chi connectivity index (χ1v) is 9.24. The lowest BCUT2D eigenvalue weighted by Gasteiger charge is -2.21. The summed E-state index contributed by atoms with van der Waals surface area (Å²) < 4.78 is 5.86.